The van der Waals surface area contributed by atoms with Gasteiger partial charge in [0.05, 0.1) is 24.1 Å². The maximum atomic E-state index is 14.5. The highest BCUT2D eigenvalue weighted by molar-refractivity contribution is 6.02. The SMILES string of the molecule is CC(C)[C@@H]1C(=O)NCCN1C(=O)OC(C)(C)C.COC(=O)c1cc([N+](=O)[O-])c(F)cc1F.COC(=O)c1cc([N+](=O)[O-])c(N2CCN(C(=O)OC(C)(C)C)[C@H](C(C)C)C2=O)cc1F. The van der Waals surface area contributed by atoms with E-state index in [1.54, 1.807) is 34.6 Å². The number of piperazine rings is 2. The van der Waals surface area contributed by atoms with E-state index in [0.717, 1.165) is 31.3 Å². The fourth-order valence-corrected chi connectivity index (χ4v) is 6.16. The van der Waals surface area contributed by atoms with E-state index in [1.165, 1.54) is 9.80 Å². The number of carbonyl (C=O) groups excluding carboxylic acids is 6. The quantitative estimate of drug-likeness (QED) is 0.141. The molecule has 2 aromatic carbocycles. The molecule has 0 radical (unpaired) electrons. The molecule has 23 heteroatoms. The summed E-state index contributed by atoms with van der Waals surface area (Å²) >= 11 is 0. The first-order chi connectivity index (χ1) is 29.0. The summed E-state index contributed by atoms with van der Waals surface area (Å²) in [6.07, 6.45) is -1.09. The third-order valence-corrected chi connectivity index (χ3v) is 8.79. The minimum atomic E-state index is -1.34. The van der Waals surface area contributed by atoms with Crippen molar-refractivity contribution in [2.75, 3.05) is 45.3 Å². The molecule has 0 aliphatic carbocycles. The lowest BCUT2D eigenvalue weighted by Gasteiger charge is -2.42. The highest BCUT2D eigenvalue weighted by Gasteiger charge is 2.44. The summed E-state index contributed by atoms with van der Waals surface area (Å²) in [6.45, 7) is 18.7. The van der Waals surface area contributed by atoms with E-state index >= 15 is 0 Å². The summed E-state index contributed by atoms with van der Waals surface area (Å²) in [5, 5.41) is 24.7. The van der Waals surface area contributed by atoms with Crippen LogP contribution in [0.1, 0.15) is 90.0 Å². The molecule has 0 bridgehead atoms. The number of hydrogen-bond donors (Lipinski definition) is 1. The van der Waals surface area contributed by atoms with Crippen molar-refractivity contribution in [3.63, 3.8) is 0 Å². The van der Waals surface area contributed by atoms with Gasteiger partial charge in [0.1, 0.15) is 51.7 Å². The molecule has 0 saturated carbocycles. The summed E-state index contributed by atoms with van der Waals surface area (Å²) in [6, 6.07) is 0.878. The number of carbonyl (C=O) groups is 6. The van der Waals surface area contributed by atoms with Crippen LogP contribution < -0.4 is 10.2 Å². The van der Waals surface area contributed by atoms with Gasteiger partial charge < -0.3 is 29.2 Å². The van der Waals surface area contributed by atoms with E-state index in [9.17, 15) is 62.2 Å². The summed E-state index contributed by atoms with van der Waals surface area (Å²) in [5.41, 5.74) is -4.49. The zero-order valence-electron chi connectivity index (χ0n) is 37.0. The predicted octanol–water partition coefficient (Wildman–Crippen LogP) is 6.17. The van der Waals surface area contributed by atoms with E-state index in [1.807, 2.05) is 34.6 Å². The number of amides is 4. The van der Waals surface area contributed by atoms with Crippen LogP contribution in [0.15, 0.2) is 24.3 Å². The average Bonchev–Trinajstić information content (AvgIpc) is 3.15. The van der Waals surface area contributed by atoms with E-state index in [0.29, 0.717) is 19.2 Å². The number of benzene rings is 2. The molecule has 1 N–H and O–H groups in total. The van der Waals surface area contributed by atoms with Gasteiger partial charge in [-0.05, 0) is 53.4 Å². The number of hydrogen-bond acceptors (Lipinski definition) is 14. The topological polar surface area (TPSA) is 247 Å². The molecule has 20 nitrogen and oxygen atoms in total. The average molecular weight is 899 g/mol. The molecule has 63 heavy (non-hydrogen) atoms. The van der Waals surface area contributed by atoms with Crippen LogP contribution in [-0.2, 0) is 28.5 Å². The summed E-state index contributed by atoms with van der Waals surface area (Å²) in [4.78, 5) is 96.1. The largest absolute Gasteiger partial charge is 0.465 e. The Hall–Kier alpha value is -6.55. The number of nitrogens with one attached hydrogen (secondary N) is 1. The second-order valence-corrected chi connectivity index (χ2v) is 16.6. The van der Waals surface area contributed by atoms with Crippen molar-refractivity contribution in [2.45, 2.75) is 92.5 Å². The molecule has 2 aromatic rings. The summed E-state index contributed by atoms with van der Waals surface area (Å²) in [7, 11) is 2.01. The van der Waals surface area contributed by atoms with Crippen molar-refractivity contribution in [3.8, 4) is 0 Å². The van der Waals surface area contributed by atoms with Crippen molar-refractivity contribution in [1.29, 1.82) is 0 Å². The minimum Gasteiger partial charge on any atom is -0.465 e. The van der Waals surface area contributed by atoms with Gasteiger partial charge in [-0.1, -0.05) is 27.7 Å². The summed E-state index contributed by atoms with van der Waals surface area (Å²) in [5.74, 6) is -6.77. The highest BCUT2D eigenvalue weighted by atomic mass is 19.1. The van der Waals surface area contributed by atoms with Crippen molar-refractivity contribution in [3.05, 3.63) is 73.1 Å². The number of anilines is 1. The molecule has 2 heterocycles. The third kappa shape index (κ3) is 14.0. The fraction of sp³-hybridized carbons (Fsp3) is 0.550. The molecule has 2 atom stereocenters. The van der Waals surface area contributed by atoms with Crippen molar-refractivity contribution in [2.24, 2.45) is 11.8 Å². The molecular formula is C40H53F3N6O14. The van der Waals surface area contributed by atoms with E-state index in [4.69, 9.17) is 9.47 Å². The van der Waals surface area contributed by atoms with Crippen LogP contribution >= 0.6 is 0 Å². The van der Waals surface area contributed by atoms with Gasteiger partial charge in [-0.3, -0.25) is 39.6 Å². The van der Waals surface area contributed by atoms with Crippen molar-refractivity contribution in [1.82, 2.24) is 15.1 Å². The Morgan fingerprint density at radius 2 is 1.11 bits per heavy atom. The van der Waals surface area contributed by atoms with Gasteiger partial charge in [-0.25, -0.2) is 28.0 Å². The third-order valence-electron chi connectivity index (χ3n) is 8.79. The smallest absolute Gasteiger partial charge is 0.411 e. The van der Waals surface area contributed by atoms with Gasteiger partial charge in [0.15, 0.2) is 0 Å². The number of nitrogens with zero attached hydrogens (tertiary/aromatic N) is 5. The van der Waals surface area contributed by atoms with Crippen LogP contribution in [0.3, 0.4) is 0 Å². The zero-order valence-corrected chi connectivity index (χ0v) is 37.0. The van der Waals surface area contributed by atoms with Crippen LogP contribution in [0.5, 0.6) is 0 Å². The van der Waals surface area contributed by atoms with Crippen LogP contribution in [0.25, 0.3) is 0 Å². The molecule has 4 rings (SSSR count). The Bertz CT molecular complexity index is 2090. The zero-order chi connectivity index (χ0) is 48.5. The molecule has 2 aliphatic rings. The summed E-state index contributed by atoms with van der Waals surface area (Å²) < 4.78 is 59.6. The molecule has 0 spiro atoms. The number of ether oxygens (including phenoxy) is 4. The minimum absolute atomic E-state index is 0.0288. The molecule has 4 amide bonds. The number of rotatable bonds is 7. The Kier molecular flexibility index (Phi) is 17.9. The standard InChI is InChI=1S/C20H26FN3O7.C12H22N2O3.C8H5F2NO4/c1-11(2)16-17(25)22(7-8-23(16)19(27)31-20(3,4)5)14-10-13(21)12(18(26)30-6)9-15(14)24(28)29;1-8(2)9-10(15)13-6-7-14(9)11(16)17-12(3,4)5;1-15-8(12)4-2-7(11(13)14)6(10)3-5(4)9/h9-11,16H,7-8H2,1-6H3;8-9H,6-7H2,1-5H3,(H,13,15);2-3H,1H3/t16-;9-;/m11./s1. The Morgan fingerprint density at radius 1 is 0.683 bits per heavy atom. The lowest BCUT2D eigenvalue weighted by molar-refractivity contribution is -0.387. The van der Waals surface area contributed by atoms with Crippen LogP contribution in [0.2, 0.25) is 0 Å². The second kappa shape index (κ2) is 21.5. The second-order valence-electron chi connectivity index (χ2n) is 16.6. The lowest BCUT2D eigenvalue weighted by Crippen LogP contribution is -2.61. The van der Waals surface area contributed by atoms with Crippen molar-refractivity contribution >= 4 is 53.0 Å². The van der Waals surface area contributed by atoms with Gasteiger partial charge in [0, 0.05) is 50.4 Å². The van der Waals surface area contributed by atoms with Crippen LogP contribution in [0.4, 0.5) is 39.8 Å². The first-order valence-electron chi connectivity index (χ1n) is 19.3. The Balaban J connectivity index is 0.000000359. The Morgan fingerprint density at radius 3 is 1.52 bits per heavy atom. The molecule has 2 saturated heterocycles. The number of methoxy groups -OCH3 is 2. The maximum Gasteiger partial charge on any atom is 0.411 e. The van der Waals surface area contributed by atoms with Gasteiger partial charge in [0.25, 0.3) is 5.69 Å². The normalized spacial score (nSPS) is 16.5. The fourth-order valence-electron chi connectivity index (χ4n) is 6.16. The van der Waals surface area contributed by atoms with Gasteiger partial charge >= 0.3 is 29.8 Å². The van der Waals surface area contributed by atoms with E-state index < -0.39 is 103 Å². The Labute approximate surface area is 361 Å². The monoisotopic (exact) mass is 898 g/mol. The van der Waals surface area contributed by atoms with Gasteiger partial charge in [-0.15, -0.1) is 0 Å². The number of nitro groups is 2. The van der Waals surface area contributed by atoms with Gasteiger partial charge in [0.2, 0.25) is 17.6 Å². The first-order valence-corrected chi connectivity index (χ1v) is 19.3. The van der Waals surface area contributed by atoms with Crippen LogP contribution in [0, 0.1) is 49.5 Å². The van der Waals surface area contributed by atoms with Crippen molar-refractivity contribution < 1.29 is 70.7 Å². The van der Waals surface area contributed by atoms with Crippen LogP contribution in [-0.4, -0.2) is 119 Å². The number of esters is 2. The molecule has 0 unspecified atom stereocenters. The first kappa shape index (κ1) is 52.6. The molecule has 0 aromatic heterocycles. The molecule has 348 valence electrons. The van der Waals surface area contributed by atoms with E-state index in [-0.39, 0.29) is 42.6 Å². The number of nitro benzene ring substituents is 2. The molecular weight excluding hydrogens is 845 g/mol. The highest BCUT2D eigenvalue weighted by Crippen LogP contribution is 2.35. The molecule has 2 fully saturated rings. The maximum absolute atomic E-state index is 14.5. The lowest BCUT2D eigenvalue weighted by atomic mass is 9.98. The van der Waals surface area contributed by atoms with Gasteiger partial charge in [-0.2, -0.15) is 4.39 Å². The van der Waals surface area contributed by atoms with E-state index in [2.05, 4.69) is 14.8 Å². The predicted molar refractivity (Wildman–Crippen MR) is 217 cm³/mol. The number of halogens is 3. The molecule has 2 aliphatic heterocycles.